The van der Waals surface area contributed by atoms with Gasteiger partial charge in [-0.05, 0) is 19.8 Å². The lowest BCUT2D eigenvalue weighted by molar-refractivity contribution is 0.0520. The van der Waals surface area contributed by atoms with E-state index in [1.165, 1.54) is 0 Å². The topological polar surface area (TPSA) is 79.4 Å². The van der Waals surface area contributed by atoms with Crippen molar-refractivity contribution in [3.8, 4) is 5.75 Å². The molecule has 0 saturated carbocycles. The molecule has 1 heterocycles. The normalized spacial score (nSPS) is 9.09. The fourth-order valence-corrected chi connectivity index (χ4v) is 1.42. The van der Waals surface area contributed by atoms with E-state index < -0.39 is 11.5 Å². The van der Waals surface area contributed by atoms with Gasteiger partial charge in [-0.25, -0.2) is 4.79 Å². The van der Waals surface area contributed by atoms with Gasteiger partial charge in [0.25, 0.3) is 5.56 Å². The van der Waals surface area contributed by atoms with E-state index in [1.807, 2.05) is 27.7 Å². The van der Waals surface area contributed by atoms with E-state index in [9.17, 15) is 14.7 Å². The Balaban J connectivity index is 0. The molecule has 0 aliphatic carbocycles. The Kier molecular flexibility index (Phi) is 12.1. The highest BCUT2D eigenvalue weighted by molar-refractivity contribution is 6.28. The Bertz CT molecular complexity index is 531. The molecule has 1 aromatic rings. The molecule has 6 heteroatoms. The summed E-state index contributed by atoms with van der Waals surface area (Å²) in [6.07, 6.45) is 0. The van der Waals surface area contributed by atoms with Crippen molar-refractivity contribution in [2.75, 3.05) is 6.61 Å². The minimum absolute atomic E-state index is 0.0384. The fourth-order valence-electron chi connectivity index (χ4n) is 1.42. The number of aromatic nitrogens is 1. The average molecular weight is 332 g/mol. The average Bonchev–Trinajstić information content (AvgIpc) is 2.39. The molecule has 0 unspecified atom stereocenters. The first-order valence-corrected chi connectivity index (χ1v) is 7.52. The van der Waals surface area contributed by atoms with Gasteiger partial charge in [-0.2, -0.15) is 0 Å². The number of ether oxygens (including phenoxy) is 1. The smallest absolute Gasteiger partial charge is 0.343 e. The highest BCUT2D eigenvalue weighted by atomic mass is 35.5. The summed E-state index contributed by atoms with van der Waals surface area (Å²) in [5, 5.41) is 10.2. The van der Waals surface area contributed by atoms with Crippen molar-refractivity contribution in [2.45, 2.75) is 47.5 Å². The molecule has 0 aromatic carbocycles. The molecule has 0 fully saturated rings. The second-order valence-electron chi connectivity index (χ2n) is 4.36. The summed E-state index contributed by atoms with van der Waals surface area (Å²) >= 11 is 5.08. The summed E-state index contributed by atoms with van der Waals surface area (Å²) < 4.78 is 4.82. The number of hydrogen-bond donors (Lipinski definition) is 2. The van der Waals surface area contributed by atoms with Crippen LogP contribution in [-0.4, -0.2) is 22.7 Å². The van der Waals surface area contributed by atoms with Gasteiger partial charge in [-0.3, -0.25) is 4.79 Å². The van der Waals surface area contributed by atoms with Crippen molar-refractivity contribution < 1.29 is 14.6 Å². The maximum absolute atomic E-state index is 11.6. The van der Waals surface area contributed by atoms with E-state index in [1.54, 1.807) is 13.8 Å². The predicted molar refractivity (Wildman–Crippen MR) is 90.8 cm³/mol. The van der Waals surface area contributed by atoms with Crippen LogP contribution in [0, 0.1) is 0 Å². The number of aromatic amines is 1. The molecule has 2 N–H and O–H groups in total. The predicted octanol–water partition coefficient (Wildman–Crippen LogP) is 4.17. The van der Waals surface area contributed by atoms with E-state index in [2.05, 4.69) is 11.6 Å². The SMILES string of the molecule is C=C(C)Cl.CC.CCOC(=O)c1c(O)cc(=O)[nH]c1C(C)C. The maximum atomic E-state index is 11.6. The third kappa shape index (κ3) is 8.52. The third-order valence-electron chi connectivity index (χ3n) is 2.11. The van der Waals surface area contributed by atoms with Crippen molar-refractivity contribution in [3.05, 3.63) is 39.3 Å². The molecule has 126 valence electrons. The van der Waals surface area contributed by atoms with Crippen LogP contribution in [0.4, 0.5) is 0 Å². The van der Waals surface area contributed by atoms with E-state index >= 15 is 0 Å². The summed E-state index contributed by atoms with van der Waals surface area (Å²) in [5.74, 6) is -1.05. The highest BCUT2D eigenvalue weighted by Crippen LogP contribution is 2.24. The summed E-state index contributed by atoms with van der Waals surface area (Å²) in [4.78, 5) is 25.3. The first-order chi connectivity index (χ1) is 10.2. The highest BCUT2D eigenvalue weighted by Gasteiger charge is 2.20. The van der Waals surface area contributed by atoms with Crippen LogP contribution in [0.3, 0.4) is 0 Å². The van der Waals surface area contributed by atoms with Gasteiger partial charge in [-0.15, -0.1) is 0 Å². The number of halogens is 1. The molecule has 5 nitrogen and oxygen atoms in total. The number of aromatic hydroxyl groups is 1. The van der Waals surface area contributed by atoms with Crippen molar-refractivity contribution >= 4 is 17.6 Å². The van der Waals surface area contributed by atoms with Crippen LogP contribution in [0.5, 0.6) is 5.75 Å². The minimum atomic E-state index is -0.625. The van der Waals surface area contributed by atoms with Crippen molar-refractivity contribution in [1.82, 2.24) is 4.98 Å². The van der Waals surface area contributed by atoms with Gasteiger partial charge in [0, 0.05) is 16.8 Å². The second kappa shape index (κ2) is 11.9. The number of nitrogens with one attached hydrogen (secondary N) is 1. The number of carbonyl (C=O) groups is 1. The zero-order valence-electron chi connectivity index (χ0n) is 14.1. The zero-order chi connectivity index (χ0) is 17.9. The number of carbonyl (C=O) groups excluding carboxylic acids is 1. The quantitative estimate of drug-likeness (QED) is 0.815. The lowest BCUT2D eigenvalue weighted by atomic mass is 10.0. The van der Waals surface area contributed by atoms with Gasteiger partial charge in [0.1, 0.15) is 11.3 Å². The van der Waals surface area contributed by atoms with Crippen LogP contribution in [0.1, 0.15) is 63.5 Å². The second-order valence-corrected chi connectivity index (χ2v) is 5.00. The molecule has 1 aromatic heterocycles. The maximum Gasteiger partial charge on any atom is 0.343 e. The fraction of sp³-hybridized carbons (Fsp3) is 0.500. The number of hydrogen-bond acceptors (Lipinski definition) is 4. The number of esters is 1. The van der Waals surface area contributed by atoms with Crippen molar-refractivity contribution in [2.24, 2.45) is 0 Å². The monoisotopic (exact) mass is 331 g/mol. The van der Waals surface area contributed by atoms with Gasteiger partial charge >= 0.3 is 5.97 Å². The molecule has 0 spiro atoms. The molecular weight excluding hydrogens is 306 g/mol. The Labute approximate surface area is 137 Å². The molecule has 0 atom stereocenters. The van der Waals surface area contributed by atoms with Gasteiger partial charge in [-0.1, -0.05) is 45.9 Å². The molecule has 0 aliphatic heterocycles. The van der Waals surface area contributed by atoms with Crippen molar-refractivity contribution in [1.29, 1.82) is 0 Å². The van der Waals surface area contributed by atoms with Crippen LogP contribution in [-0.2, 0) is 4.74 Å². The van der Waals surface area contributed by atoms with Gasteiger partial charge < -0.3 is 14.8 Å². The molecule has 0 amide bonds. The standard InChI is InChI=1S/C11H15NO4.C3H5Cl.C2H6/c1-4-16-11(15)9-7(13)5-8(14)12-10(9)6(2)3;1-3(2)4;1-2/h5-6H,4H2,1-3H3,(H2,12,13,14);1H2,2H3;1-2H3. The van der Waals surface area contributed by atoms with Crippen LogP contribution in [0.2, 0.25) is 0 Å². The molecule has 0 radical (unpaired) electrons. The Morgan fingerprint density at radius 1 is 1.45 bits per heavy atom. The number of rotatable bonds is 3. The zero-order valence-corrected chi connectivity index (χ0v) is 14.9. The van der Waals surface area contributed by atoms with Crippen LogP contribution < -0.4 is 5.56 Å². The summed E-state index contributed by atoms with van der Waals surface area (Å²) in [7, 11) is 0. The summed E-state index contributed by atoms with van der Waals surface area (Å²) in [5.41, 5.74) is -0.00542. The molecule has 0 aliphatic rings. The van der Waals surface area contributed by atoms with Gasteiger partial charge in [0.2, 0.25) is 0 Å². The Morgan fingerprint density at radius 2 is 1.91 bits per heavy atom. The molecule has 0 saturated heterocycles. The number of allylic oxidation sites excluding steroid dienone is 1. The van der Waals surface area contributed by atoms with Gasteiger partial charge in [0.05, 0.1) is 6.61 Å². The molecule has 0 bridgehead atoms. The van der Waals surface area contributed by atoms with Crippen molar-refractivity contribution in [3.63, 3.8) is 0 Å². The van der Waals surface area contributed by atoms with Crippen LogP contribution in [0.15, 0.2) is 22.5 Å². The van der Waals surface area contributed by atoms with E-state index in [0.29, 0.717) is 10.7 Å². The first-order valence-electron chi connectivity index (χ1n) is 7.15. The summed E-state index contributed by atoms with van der Waals surface area (Å²) in [6.45, 7) is 14.6. The van der Waals surface area contributed by atoms with Crippen LogP contribution >= 0.6 is 11.6 Å². The Morgan fingerprint density at radius 3 is 2.27 bits per heavy atom. The molecule has 1 rings (SSSR count). The number of H-pyrrole nitrogens is 1. The van der Waals surface area contributed by atoms with E-state index in [-0.39, 0.29) is 23.8 Å². The Hall–Kier alpha value is -1.75. The number of pyridine rings is 1. The summed E-state index contributed by atoms with van der Waals surface area (Å²) in [6, 6.07) is 0.970. The van der Waals surface area contributed by atoms with E-state index in [4.69, 9.17) is 16.3 Å². The van der Waals surface area contributed by atoms with E-state index in [0.717, 1.165) is 6.07 Å². The first kappa shape index (κ1) is 22.5. The molecule has 22 heavy (non-hydrogen) atoms. The van der Waals surface area contributed by atoms with Gasteiger partial charge in [0.15, 0.2) is 0 Å². The largest absolute Gasteiger partial charge is 0.507 e. The molecular formula is C16H26ClNO4. The third-order valence-corrected chi connectivity index (χ3v) is 2.11. The lowest BCUT2D eigenvalue weighted by Crippen LogP contribution is -2.17. The van der Waals surface area contributed by atoms with Crippen LogP contribution in [0.25, 0.3) is 0 Å². The lowest BCUT2D eigenvalue weighted by Gasteiger charge is -2.12. The minimum Gasteiger partial charge on any atom is -0.507 e.